The predicted octanol–water partition coefficient (Wildman–Crippen LogP) is 1.39. The van der Waals surface area contributed by atoms with Gasteiger partial charge in [0, 0.05) is 25.4 Å². The number of nitrogens with zero attached hydrogens (tertiary/aromatic N) is 2. The molecule has 1 saturated heterocycles. The molecule has 102 valence electrons. The van der Waals surface area contributed by atoms with Crippen LogP contribution >= 0.6 is 0 Å². The van der Waals surface area contributed by atoms with Crippen molar-refractivity contribution in [2.75, 3.05) is 6.54 Å². The van der Waals surface area contributed by atoms with Crippen LogP contribution in [-0.2, 0) is 11.2 Å². The Hall–Kier alpha value is -1.42. The fourth-order valence-electron chi connectivity index (χ4n) is 2.84. The standard InChI is InChI=1S/C15H20N2O2/c18-14-5-8-17(15(19)10-11-1-2-11)13(14)9-12-3-6-16-7-4-12/h3-4,6-7,11,13-14,18H,1-2,5,8-10H2/t13-,14-/m0/s1. The molecule has 0 radical (unpaired) electrons. The fourth-order valence-corrected chi connectivity index (χ4v) is 2.84. The summed E-state index contributed by atoms with van der Waals surface area (Å²) in [5.74, 6) is 0.824. The third-order valence-corrected chi connectivity index (χ3v) is 4.19. The van der Waals surface area contributed by atoms with Crippen molar-refractivity contribution in [3.05, 3.63) is 30.1 Å². The van der Waals surface area contributed by atoms with Crippen LogP contribution in [0.2, 0.25) is 0 Å². The molecule has 0 aromatic carbocycles. The lowest BCUT2D eigenvalue weighted by atomic mass is 10.0. The second-order valence-corrected chi connectivity index (χ2v) is 5.72. The first-order valence-corrected chi connectivity index (χ1v) is 7.10. The second kappa shape index (κ2) is 5.29. The van der Waals surface area contributed by atoms with Crippen molar-refractivity contribution in [2.45, 2.75) is 44.2 Å². The Labute approximate surface area is 113 Å². The molecule has 1 saturated carbocycles. The number of aromatic nitrogens is 1. The molecular weight excluding hydrogens is 240 g/mol. The van der Waals surface area contributed by atoms with Gasteiger partial charge in [0.2, 0.25) is 5.91 Å². The molecule has 3 rings (SSSR count). The Bertz CT molecular complexity index is 445. The van der Waals surface area contributed by atoms with Crippen molar-refractivity contribution in [2.24, 2.45) is 5.92 Å². The number of amides is 1. The third-order valence-electron chi connectivity index (χ3n) is 4.19. The molecule has 1 amide bonds. The molecule has 1 aliphatic heterocycles. The molecule has 4 nitrogen and oxygen atoms in total. The SMILES string of the molecule is O=C(CC1CC1)N1CC[C@H](O)[C@@H]1Cc1ccncc1. The van der Waals surface area contributed by atoms with Crippen LogP contribution in [0, 0.1) is 5.92 Å². The van der Waals surface area contributed by atoms with E-state index in [0.717, 1.165) is 12.0 Å². The molecule has 0 bridgehead atoms. The minimum Gasteiger partial charge on any atom is -0.391 e. The highest BCUT2D eigenvalue weighted by molar-refractivity contribution is 5.77. The van der Waals surface area contributed by atoms with Gasteiger partial charge in [0.25, 0.3) is 0 Å². The van der Waals surface area contributed by atoms with Gasteiger partial charge in [-0.1, -0.05) is 0 Å². The van der Waals surface area contributed by atoms with E-state index in [4.69, 9.17) is 0 Å². The van der Waals surface area contributed by atoms with Crippen LogP contribution in [0.4, 0.5) is 0 Å². The first-order valence-electron chi connectivity index (χ1n) is 7.10. The van der Waals surface area contributed by atoms with Gasteiger partial charge in [-0.2, -0.15) is 0 Å². The molecule has 1 aromatic heterocycles. The summed E-state index contributed by atoms with van der Waals surface area (Å²) in [6.45, 7) is 0.697. The Kier molecular flexibility index (Phi) is 3.51. The summed E-state index contributed by atoms with van der Waals surface area (Å²) >= 11 is 0. The molecule has 4 heteroatoms. The van der Waals surface area contributed by atoms with Gasteiger partial charge in [-0.25, -0.2) is 0 Å². The topological polar surface area (TPSA) is 53.4 Å². The van der Waals surface area contributed by atoms with Gasteiger partial charge >= 0.3 is 0 Å². The van der Waals surface area contributed by atoms with Crippen molar-refractivity contribution in [3.8, 4) is 0 Å². The van der Waals surface area contributed by atoms with Crippen molar-refractivity contribution in [3.63, 3.8) is 0 Å². The second-order valence-electron chi connectivity index (χ2n) is 5.72. The zero-order valence-corrected chi connectivity index (χ0v) is 11.0. The molecule has 1 N–H and O–H groups in total. The lowest BCUT2D eigenvalue weighted by Crippen LogP contribution is -2.41. The zero-order valence-electron chi connectivity index (χ0n) is 11.0. The Balaban J connectivity index is 1.67. The summed E-state index contributed by atoms with van der Waals surface area (Å²) < 4.78 is 0. The third kappa shape index (κ3) is 2.95. The first-order chi connectivity index (χ1) is 9.24. The van der Waals surface area contributed by atoms with E-state index in [2.05, 4.69) is 4.98 Å². The predicted molar refractivity (Wildman–Crippen MR) is 71.4 cm³/mol. The zero-order chi connectivity index (χ0) is 13.2. The normalized spacial score (nSPS) is 26.7. The van der Waals surface area contributed by atoms with Gasteiger partial charge in [-0.15, -0.1) is 0 Å². The Morgan fingerprint density at radius 3 is 2.74 bits per heavy atom. The quantitative estimate of drug-likeness (QED) is 0.890. The number of likely N-dealkylation sites (tertiary alicyclic amines) is 1. The highest BCUT2D eigenvalue weighted by Gasteiger charge is 2.37. The molecule has 2 heterocycles. The average molecular weight is 260 g/mol. The van der Waals surface area contributed by atoms with Crippen LogP contribution in [-0.4, -0.2) is 39.6 Å². The summed E-state index contributed by atoms with van der Waals surface area (Å²) in [7, 11) is 0. The summed E-state index contributed by atoms with van der Waals surface area (Å²) in [5, 5.41) is 10.1. The van der Waals surface area contributed by atoms with Crippen LogP contribution in [0.3, 0.4) is 0 Å². The molecule has 1 aromatic rings. The number of pyridine rings is 1. The van der Waals surface area contributed by atoms with Gasteiger partial charge in [0.15, 0.2) is 0 Å². The van der Waals surface area contributed by atoms with Crippen LogP contribution < -0.4 is 0 Å². The maximum Gasteiger partial charge on any atom is 0.223 e. The van der Waals surface area contributed by atoms with Crippen molar-refractivity contribution >= 4 is 5.91 Å². The van der Waals surface area contributed by atoms with E-state index in [9.17, 15) is 9.90 Å². The van der Waals surface area contributed by atoms with Crippen molar-refractivity contribution in [1.29, 1.82) is 0 Å². The summed E-state index contributed by atoms with van der Waals surface area (Å²) in [6.07, 6.45) is 7.59. The highest BCUT2D eigenvalue weighted by Crippen LogP contribution is 2.34. The number of hydrogen-bond donors (Lipinski definition) is 1. The van der Waals surface area contributed by atoms with Crippen LogP contribution in [0.25, 0.3) is 0 Å². The van der Waals surface area contributed by atoms with Gasteiger partial charge < -0.3 is 10.0 Å². The van der Waals surface area contributed by atoms with Gasteiger partial charge in [-0.05, 0) is 49.3 Å². The number of carbonyl (C=O) groups excluding carboxylic acids is 1. The average Bonchev–Trinajstić information content (AvgIpc) is 3.15. The summed E-state index contributed by atoms with van der Waals surface area (Å²) in [4.78, 5) is 18.1. The van der Waals surface area contributed by atoms with E-state index in [1.807, 2.05) is 17.0 Å². The van der Waals surface area contributed by atoms with E-state index < -0.39 is 6.10 Å². The van der Waals surface area contributed by atoms with Gasteiger partial charge in [0.1, 0.15) is 0 Å². The van der Waals surface area contributed by atoms with Crippen molar-refractivity contribution in [1.82, 2.24) is 9.88 Å². The minimum absolute atomic E-state index is 0.0614. The van der Waals surface area contributed by atoms with E-state index in [0.29, 0.717) is 25.3 Å². The van der Waals surface area contributed by atoms with Crippen LogP contribution in [0.15, 0.2) is 24.5 Å². The lowest BCUT2D eigenvalue weighted by molar-refractivity contribution is -0.133. The minimum atomic E-state index is -0.392. The summed E-state index contributed by atoms with van der Waals surface area (Å²) in [6, 6.07) is 3.84. The Morgan fingerprint density at radius 2 is 2.05 bits per heavy atom. The fraction of sp³-hybridized carbons (Fsp3) is 0.600. The maximum absolute atomic E-state index is 12.2. The van der Waals surface area contributed by atoms with Crippen LogP contribution in [0.5, 0.6) is 0 Å². The maximum atomic E-state index is 12.2. The molecule has 0 unspecified atom stereocenters. The smallest absolute Gasteiger partial charge is 0.223 e. The molecule has 2 atom stereocenters. The van der Waals surface area contributed by atoms with Gasteiger partial charge in [-0.3, -0.25) is 9.78 Å². The largest absolute Gasteiger partial charge is 0.391 e. The number of carbonyl (C=O) groups is 1. The van der Waals surface area contributed by atoms with E-state index in [1.165, 1.54) is 12.8 Å². The summed E-state index contributed by atoms with van der Waals surface area (Å²) in [5.41, 5.74) is 1.13. The number of hydrogen-bond acceptors (Lipinski definition) is 3. The monoisotopic (exact) mass is 260 g/mol. The van der Waals surface area contributed by atoms with Gasteiger partial charge in [0.05, 0.1) is 12.1 Å². The number of aliphatic hydroxyl groups excluding tert-OH is 1. The number of rotatable bonds is 4. The molecular formula is C15H20N2O2. The first kappa shape index (κ1) is 12.6. The highest BCUT2D eigenvalue weighted by atomic mass is 16.3. The van der Waals surface area contributed by atoms with E-state index in [1.54, 1.807) is 12.4 Å². The molecule has 2 fully saturated rings. The molecule has 2 aliphatic rings. The van der Waals surface area contributed by atoms with E-state index >= 15 is 0 Å². The molecule has 0 spiro atoms. The van der Waals surface area contributed by atoms with Crippen LogP contribution in [0.1, 0.15) is 31.2 Å². The molecule has 1 aliphatic carbocycles. The lowest BCUT2D eigenvalue weighted by Gasteiger charge is -2.26. The van der Waals surface area contributed by atoms with E-state index in [-0.39, 0.29) is 11.9 Å². The molecule has 19 heavy (non-hydrogen) atoms. The number of aliphatic hydroxyl groups is 1. The van der Waals surface area contributed by atoms with Crippen molar-refractivity contribution < 1.29 is 9.90 Å². The Morgan fingerprint density at radius 1 is 1.32 bits per heavy atom.